The fourth-order valence-electron chi connectivity index (χ4n) is 12.5. The molecule has 0 saturated heterocycles. The Morgan fingerprint density at radius 3 is 1.19 bits per heavy atom. The number of benzene rings is 11. The zero-order valence-electron chi connectivity index (χ0n) is 37.3. The molecule has 15 rings (SSSR count). The number of rotatable bonds is 3. The van der Waals surface area contributed by atoms with Gasteiger partial charge in [-0.2, -0.15) is 0 Å². The molecule has 0 atom stereocenters. The van der Waals surface area contributed by atoms with Crippen molar-refractivity contribution in [1.82, 2.24) is 15.0 Å². The van der Waals surface area contributed by atoms with E-state index in [1.165, 1.54) is 97.7 Å². The van der Waals surface area contributed by atoms with Crippen molar-refractivity contribution in [2.24, 2.45) is 0 Å². The van der Waals surface area contributed by atoms with E-state index in [0.717, 1.165) is 16.7 Å². The lowest BCUT2D eigenvalue weighted by atomic mass is 9.51. The van der Waals surface area contributed by atoms with Crippen molar-refractivity contribution >= 4 is 44.1 Å². The first-order valence-electron chi connectivity index (χ1n) is 23.7. The van der Waals surface area contributed by atoms with E-state index >= 15 is 0 Å². The Labute approximate surface area is 403 Å². The molecule has 11 aromatic carbocycles. The van der Waals surface area contributed by atoms with Gasteiger partial charge in [-0.05, 0) is 106 Å². The highest BCUT2D eigenvalue weighted by molar-refractivity contribution is 7.99. The molecule has 2 spiro atoms. The van der Waals surface area contributed by atoms with Crippen molar-refractivity contribution in [2.45, 2.75) is 20.6 Å². The van der Waals surface area contributed by atoms with E-state index in [0.29, 0.717) is 17.5 Å². The highest BCUT2D eigenvalue weighted by Gasteiger charge is 2.58. The van der Waals surface area contributed by atoms with Crippen LogP contribution in [-0.4, -0.2) is 15.0 Å². The van der Waals surface area contributed by atoms with Gasteiger partial charge in [-0.3, -0.25) is 0 Å². The maximum Gasteiger partial charge on any atom is 0.164 e. The average Bonchev–Trinajstić information content (AvgIpc) is 3.72. The van der Waals surface area contributed by atoms with Gasteiger partial charge < -0.3 is 0 Å². The number of nitrogens with zero attached hydrogens (tertiary/aromatic N) is 3. The van der Waals surface area contributed by atoms with Crippen LogP contribution in [0.1, 0.15) is 44.5 Å². The zero-order valence-corrected chi connectivity index (χ0v) is 38.1. The van der Waals surface area contributed by atoms with Crippen LogP contribution in [0.5, 0.6) is 0 Å². The van der Waals surface area contributed by atoms with Gasteiger partial charge >= 0.3 is 0 Å². The molecule has 2 aliphatic carbocycles. The van der Waals surface area contributed by atoms with Crippen LogP contribution in [0, 0.1) is 0 Å². The van der Waals surface area contributed by atoms with Gasteiger partial charge in [-0.15, -0.1) is 0 Å². The number of hydrogen-bond acceptors (Lipinski definition) is 4. The van der Waals surface area contributed by atoms with Gasteiger partial charge in [0.05, 0.1) is 10.8 Å². The van der Waals surface area contributed by atoms with Gasteiger partial charge in [-0.25, -0.2) is 15.0 Å². The molecule has 69 heavy (non-hydrogen) atoms. The van der Waals surface area contributed by atoms with Crippen LogP contribution in [0.15, 0.2) is 246 Å². The second kappa shape index (κ2) is 14.5. The summed E-state index contributed by atoms with van der Waals surface area (Å²) in [5, 5.41) is 7.33. The summed E-state index contributed by atoms with van der Waals surface area (Å²) >= 11 is 1.84. The van der Waals surface area contributed by atoms with Gasteiger partial charge in [-0.1, -0.05) is 230 Å². The third kappa shape index (κ3) is 5.21. The predicted octanol–water partition coefficient (Wildman–Crippen LogP) is 15.9. The van der Waals surface area contributed by atoms with Gasteiger partial charge in [0.2, 0.25) is 0 Å². The zero-order chi connectivity index (χ0) is 45.3. The van der Waals surface area contributed by atoms with Crippen molar-refractivity contribution in [3.05, 3.63) is 281 Å². The topological polar surface area (TPSA) is 38.7 Å². The van der Waals surface area contributed by atoms with Gasteiger partial charge in [0, 0.05) is 26.5 Å². The minimum atomic E-state index is -0.613. The van der Waals surface area contributed by atoms with Crippen LogP contribution in [0.2, 0.25) is 0 Å². The van der Waals surface area contributed by atoms with Crippen LogP contribution < -0.4 is 0 Å². The fraction of sp³-hybridized carbons (Fsp3) is 0.0308. The highest BCUT2D eigenvalue weighted by atomic mass is 32.2. The van der Waals surface area contributed by atoms with Gasteiger partial charge in [0.1, 0.15) is 0 Å². The molecule has 0 unspecified atom stereocenters. The molecular weight excluding hydrogens is 855 g/mol. The Morgan fingerprint density at radius 2 is 0.623 bits per heavy atom. The Kier molecular flexibility index (Phi) is 8.14. The first-order chi connectivity index (χ1) is 34.2. The van der Waals surface area contributed by atoms with E-state index in [-0.39, 0.29) is 0 Å². The summed E-state index contributed by atoms with van der Waals surface area (Å²) in [5.41, 5.74) is 14.8. The predicted molar refractivity (Wildman–Crippen MR) is 282 cm³/mol. The molecule has 2 heterocycles. The number of aromatic nitrogens is 3. The van der Waals surface area contributed by atoms with Crippen LogP contribution >= 0.6 is 11.8 Å². The van der Waals surface area contributed by atoms with E-state index in [1.54, 1.807) is 0 Å². The van der Waals surface area contributed by atoms with Crippen LogP contribution in [0.3, 0.4) is 0 Å². The summed E-state index contributed by atoms with van der Waals surface area (Å²) in [7, 11) is 0. The summed E-state index contributed by atoms with van der Waals surface area (Å²) in [6.07, 6.45) is 0. The number of fused-ring (bicyclic) bond motifs is 21. The lowest BCUT2D eigenvalue weighted by Gasteiger charge is -2.51. The van der Waals surface area contributed by atoms with E-state index in [9.17, 15) is 0 Å². The second-order valence-electron chi connectivity index (χ2n) is 18.5. The Morgan fingerprint density at radius 1 is 0.246 bits per heavy atom. The second-order valence-corrected chi connectivity index (χ2v) is 19.6. The molecule has 320 valence electrons. The molecule has 0 fully saturated rings. The Hall–Kier alpha value is -8.44. The average molecular weight is 894 g/mol. The summed E-state index contributed by atoms with van der Waals surface area (Å²) < 4.78 is 0. The van der Waals surface area contributed by atoms with Crippen molar-refractivity contribution in [3.8, 4) is 45.3 Å². The lowest BCUT2D eigenvalue weighted by Crippen LogP contribution is -2.45. The summed E-state index contributed by atoms with van der Waals surface area (Å²) in [5.74, 6) is 1.92. The summed E-state index contributed by atoms with van der Waals surface area (Å²) in [4.78, 5) is 18.3. The molecule has 12 aromatic rings. The van der Waals surface area contributed by atoms with Crippen LogP contribution in [0.4, 0.5) is 0 Å². The molecule has 0 N–H and O–H groups in total. The van der Waals surface area contributed by atoms with Crippen molar-refractivity contribution < 1.29 is 0 Å². The molecule has 1 aromatic heterocycles. The minimum Gasteiger partial charge on any atom is -0.208 e. The molecular formula is C65H39N3S. The van der Waals surface area contributed by atoms with E-state index < -0.39 is 10.8 Å². The van der Waals surface area contributed by atoms with Crippen LogP contribution in [-0.2, 0) is 10.8 Å². The van der Waals surface area contributed by atoms with Crippen molar-refractivity contribution in [2.75, 3.05) is 0 Å². The van der Waals surface area contributed by atoms with Crippen molar-refractivity contribution in [1.29, 1.82) is 0 Å². The Balaban J connectivity index is 0.963. The first-order valence-corrected chi connectivity index (χ1v) is 24.5. The maximum atomic E-state index is 5.38. The Bertz CT molecular complexity index is 4010. The largest absolute Gasteiger partial charge is 0.208 e. The summed E-state index contributed by atoms with van der Waals surface area (Å²) in [6.45, 7) is 0. The number of hydrogen-bond donors (Lipinski definition) is 0. The molecule has 0 amide bonds. The molecule has 4 heteroatoms. The van der Waals surface area contributed by atoms with Crippen LogP contribution in [0.25, 0.3) is 77.6 Å². The van der Waals surface area contributed by atoms with Crippen molar-refractivity contribution in [3.63, 3.8) is 0 Å². The molecule has 0 bridgehead atoms. The minimum absolute atomic E-state index is 0.497. The van der Waals surface area contributed by atoms with E-state index in [2.05, 4.69) is 218 Å². The monoisotopic (exact) mass is 893 g/mol. The fourth-order valence-corrected chi connectivity index (χ4v) is 13.8. The van der Waals surface area contributed by atoms with Gasteiger partial charge in [0.15, 0.2) is 17.5 Å². The third-order valence-corrected chi connectivity index (χ3v) is 16.4. The van der Waals surface area contributed by atoms with Gasteiger partial charge in [0.25, 0.3) is 0 Å². The first kappa shape index (κ1) is 38.6. The third-order valence-electron chi connectivity index (χ3n) is 15.2. The quantitative estimate of drug-likeness (QED) is 0.166. The van der Waals surface area contributed by atoms with E-state index in [4.69, 9.17) is 15.0 Å². The lowest BCUT2D eigenvalue weighted by molar-refractivity contribution is 0.605. The molecule has 1 aliphatic heterocycles. The standard InChI is InChI=1S/C65H39N3S/c1-2-18-40(19-3-1)61-66-62(41-34-36-47-45-22-5-4-20-43(45)44-21-6-7-23-46(44)50(47)38-41)68-63(67-61)42-35-37-58-60(39-42)69-59-33-17-16-32-57(59)65(58)55-30-14-12-28-53(55)64(54-29-13-15-31-56(54)65)51-26-10-8-24-48(51)49-25-9-11-27-52(49)64/h1-39H. The molecule has 3 aliphatic rings. The molecule has 0 radical (unpaired) electrons. The maximum absolute atomic E-state index is 5.38. The van der Waals surface area contributed by atoms with E-state index in [1.807, 2.05) is 30.0 Å². The highest BCUT2D eigenvalue weighted by Crippen LogP contribution is 2.67. The smallest absolute Gasteiger partial charge is 0.164 e. The SMILES string of the molecule is c1ccc(-c2nc(-c3ccc4c(c3)Sc3ccccc3C43c4ccccc4C4(c5ccccc5-c5ccccc54)c4ccccc43)nc(-c3ccc4c5ccccc5c5ccccc5c4c3)n2)cc1. The summed E-state index contributed by atoms with van der Waals surface area (Å²) in [6, 6.07) is 87.1. The molecule has 0 saturated carbocycles. The molecule has 3 nitrogen and oxygen atoms in total. The normalized spacial score (nSPS) is 14.3.